The number of benzene rings is 2. The summed E-state index contributed by atoms with van der Waals surface area (Å²) in [5.74, 6) is 0.583. The van der Waals surface area contributed by atoms with Crippen molar-refractivity contribution in [1.82, 2.24) is 0 Å². The molecule has 0 atom stereocenters. The molecule has 3 rings (SSSR count). The van der Waals surface area contributed by atoms with Gasteiger partial charge in [0.25, 0.3) is 0 Å². The Balaban J connectivity index is 1.56. The summed E-state index contributed by atoms with van der Waals surface area (Å²) in [6.45, 7) is 0.815. The fraction of sp³-hybridized carbons (Fsp3) is 0.150. The second-order valence-corrected chi connectivity index (χ2v) is 6.51. The van der Waals surface area contributed by atoms with Crippen molar-refractivity contribution in [3.05, 3.63) is 87.8 Å². The Morgan fingerprint density at radius 3 is 2.50 bits per heavy atom. The van der Waals surface area contributed by atoms with Gasteiger partial charge in [0.2, 0.25) is 5.91 Å². The SMILES string of the molecule is O=C(Cc1c(Cl)cccc1Cl)Nc1cccc(COCc2ccco2)c1. The van der Waals surface area contributed by atoms with E-state index in [1.54, 1.807) is 24.5 Å². The van der Waals surface area contributed by atoms with E-state index in [0.717, 1.165) is 11.3 Å². The minimum Gasteiger partial charge on any atom is -0.467 e. The first-order valence-electron chi connectivity index (χ1n) is 8.03. The highest BCUT2D eigenvalue weighted by Crippen LogP contribution is 2.25. The Bertz CT molecular complexity index is 858. The lowest BCUT2D eigenvalue weighted by atomic mass is 10.1. The molecule has 1 amide bonds. The zero-order chi connectivity index (χ0) is 18.4. The summed E-state index contributed by atoms with van der Waals surface area (Å²) >= 11 is 12.2. The third kappa shape index (κ3) is 5.11. The maximum Gasteiger partial charge on any atom is 0.228 e. The summed E-state index contributed by atoms with van der Waals surface area (Å²) in [6, 6.07) is 16.3. The van der Waals surface area contributed by atoms with Crippen LogP contribution in [0.4, 0.5) is 5.69 Å². The molecule has 1 aromatic heterocycles. The van der Waals surface area contributed by atoms with Gasteiger partial charge in [0.05, 0.1) is 19.3 Å². The zero-order valence-corrected chi connectivity index (χ0v) is 15.4. The Kier molecular flexibility index (Phi) is 6.34. The van der Waals surface area contributed by atoms with Crippen LogP contribution in [0.3, 0.4) is 0 Å². The van der Waals surface area contributed by atoms with Crippen LogP contribution in [-0.4, -0.2) is 5.91 Å². The van der Waals surface area contributed by atoms with Crippen molar-refractivity contribution >= 4 is 34.8 Å². The molecule has 3 aromatic rings. The number of anilines is 1. The Labute approximate surface area is 161 Å². The molecular formula is C20H17Cl2NO3. The van der Waals surface area contributed by atoms with Crippen LogP contribution >= 0.6 is 23.2 Å². The van der Waals surface area contributed by atoms with E-state index in [1.165, 1.54) is 0 Å². The van der Waals surface area contributed by atoms with Crippen molar-refractivity contribution in [3.63, 3.8) is 0 Å². The minimum atomic E-state index is -0.186. The molecule has 0 aliphatic heterocycles. The van der Waals surface area contributed by atoms with Gasteiger partial charge in [0.1, 0.15) is 12.4 Å². The molecule has 0 spiro atoms. The topological polar surface area (TPSA) is 51.5 Å². The third-order valence-electron chi connectivity index (χ3n) is 3.70. The molecule has 0 aliphatic rings. The molecule has 0 saturated carbocycles. The number of halogens is 2. The lowest BCUT2D eigenvalue weighted by molar-refractivity contribution is -0.115. The van der Waals surface area contributed by atoms with E-state index in [9.17, 15) is 4.79 Å². The van der Waals surface area contributed by atoms with Crippen molar-refractivity contribution in [2.45, 2.75) is 19.6 Å². The minimum absolute atomic E-state index is 0.109. The first kappa shape index (κ1) is 18.5. The lowest BCUT2D eigenvalue weighted by Gasteiger charge is -2.10. The normalized spacial score (nSPS) is 10.7. The van der Waals surface area contributed by atoms with Gasteiger partial charge in [0.15, 0.2) is 0 Å². The van der Waals surface area contributed by atoms with Gasteiger partial charge >= 0.3 is 0 Å². The number of carbonyl (C=O) groups is 1. The highest BCUT2D eigenvalue weighted by molar-refractivity contribution is 6.36. The summed E-state index contributed by atoms with van der Waals surface area (Å²) < 4.78 is 10.8. The molecule has 1 heterocycles. The van der Waals surface area contributed by atoms with Crippen molar-refractivity contribution in [2.24, 2.45) is 0 Å². The summed E-state index contributed by atoms with van der Waals surface area (Å²) in [5.41, 5.74) is 2.26. The van der Waals surface area contributed by atoms with E-state index < -0.39 is 0 Å². The van der Waals surface area contributed by atoms with Crippen LogP contribution in [0, 0.1) is 0 Å². The van der Waals surface area contributed by atoms with Crippen molar-refractivity contribution in [2.75, 3.05) is 5.32 Å². The molecular weight excluding hydrogens is 373 g/mol. The van der Waals surface area contributed by atoms with E-state index in [-0.39, 0.29) is 12.3 Å². The van der Waals surface area contributed by atoms with Gasteiger partial charge in [-0.3, -0.25) is 4.79 Å². The molecule has 0 unspecified atom stereocenters. The number of carbonyl (C=O) groups excluding carboxylic acids is 1. The van der Waals surface area contributed by atoms with Crippen LogP contribution in [0.15, 0.2) is 65.3 Å². The monoisotopic (exact) mass is 389 g/mol. The molecule has 0 fully saturated rings. The molecule has 0 bridgehead atoms. The standard InChI is InChI=1S/C20H17Cl2NO3/c21-18-7-2-8-19(22)17(18)11-20(24)23-15-5-1-4-14(10-15)12-25-13-16-6-3-9-26-16/h1-10H,11-13H2,(H,23,24). The summed E-state index contributed by atoms with van der Waals surface area (Å²) in [6.07, 6.45) is 1.72. The molecule has 2 aromatic carbocycles. The Morgan fingerprint density at radius 1 is 1.00 bits per heavy atom. The van der Waals surface area contributed by atoms with E-state index in [2.05, 4.69) is 5.32 Å². The number of hydrogen-bond donors (Lipinski definition) is 1. The van der Waals surface area contributed by atoms with Gasteiger partial charge in [-0.15, -0.1) is 0 Å². The number of nitrogens with one attached hydrogen (secondary N) is 1. The van der Waals surface area contributed by atoms with Gasteiger partial charge in [-0.05, 0) is 47.5 Å². The number of ether oxygens (including phenoxy) is 1. The Morgan fingerprint density at radius 2 is 1.77 bits per heavy atom. The van der Waals surface area contributed by atoms with Crippen LogP contribution in [0.25, 0.3) is 0 Å². The van der Waals surface area contributed by atoms with Crippen LogP contribution in [0.1, 0.15) is 16.9 Å². The molecule has 0 aliphatic carbocycles. The van der Waals surface area contributed by atoms with Crippen molar-refractivity contribution in [1.29, 1.82) is 0 Å². The molecule has 1 N–H and O–H groups in total. The van der Waals surface area contributed by atoms with E-state index in [1.807, 2.05) is 36.4 Å². The van der Waals surface area contributed by atoms with Crippen LogP contribution < -0.4 is 5.32 Å². The maximum absolute atomic E-state index is 12.3. The fourth-order valence-corrected chi connectivity index (χ4v) is 3.00. The quantitative estimate of drug-likeness (QED) is 0.581. The second-order valence-electron chi connectivity index (χ2n) is 5.70. The second kappa shape index (κ2) is 8.90. The molecule has 26 heavy (non-hydrogen) atoms. The number of amides is 1. The third-order valence-corrected chi connectivity index (χ3v) is 4.41. The summed E-state index contributed by atoms with van der Waals surface area (Å²) in [4.78, 5) is 12.3. The van der Waals surface area contributed by atoms with Gasteiger partial charge < -0.3 is 14.5 Å². The molecule has 4 nitrogen and oxygen atoms in total. The van der Waals surface area contributed by atoms with Gasteiger partial charge in [0, 0.05) is 15.7 Å². The predicted molar refractivity (Wildman–Crippen MR) is 102 cm³/mol. The van der Waals surface area contributed by atoms with Gasteiger partial charge in [-0.2, -0.15) is 0 Å². The average molecular weight is 390 g/mol. The smallest absolute Gasteiger partial charge is 0.228 e. The number of rotatable bonds is 7. The fourth-order valence-electron chi connectivity index (χ4n) is 2.47. The molecule has 6 heteroatoms. The average Bonchev–Trinajstić information content (AvgIpc) is 3.12. The predicted octanol–water partition coefficient (Wildman–Crippen LogP) is 5.48. The largest absolute Gasteiger partial charge is 0.467 e. The van der Waals surface area contributed by atoms with Crippen molar-refractivity contribution < 1.29 is 13.9 Å². The van der Waals surface area contributed by atoms with E-state index >= 15 is 0 Å². The van der Waals surface area contributed by atoms with Gasteiger partial charge in [-0.1, -0.05) is 41.4 Å². The molecule has 134 valence electrons. The number of hydrogen-bond acceptors (Lipinski definition) is 3. The number of furan rings is 1. The summed E-state index contributed by atoms with van der Waals surface area (Å²) in [5, 5.41) is 3.82. The Hall–Kier alpha value is -2.27. The van der Waals surface area contributed by atoms with Crippen LogP contribution in [-0.2, 0) is 29.2 Å². The van der Waals surface area contributed by atoms with E-state index in [0.29, 0.717) is 34.5 Å². The maximum atomic E-state index is 12.3. The molecule has 0 radical (unpaired) electrons. The highest BCUT2D eigenvalue weighted by atomic mass is 35.5. The van der Waals surface area contributed by atoms with Crippen LogP contribution in [0.2, 0.25) is 10.0 Å². The first-order chi connectivity index (χ1) is 12.6. The first-order valence-corrected chi connectivity index (χ1v) is 8.79. The van der Waals surface area contributed by atoms with Gasteiger partial charge in [-0.25, -0.2) is 0 Å². The zero-order valence-electron chi connectivity index (χ0n) is 13.9. The summed E-state index contributed by atoms with van der Waals surface area (Å²) in [7, 11) is 0. The van der Waals surface area contributed by atoms with Crippen molar-refractivity contribution in [3.8, 4) is 0 Å². The van der Waals surface area contributed by atoms with E-state index in [4.69, 9.17) is 32.4 Å². The van der Waals surface area contributed by atoms with Crippen LogP contribution in [0.5, 0.6) is 0 Å². The highest BCUT2D eigenvalue weighted by Gasteiger charge is 2.11. The lowest BCUT2D eigenvalue weighted by Crippen LogP contribution is -2.15. The molecule has 0 saturated heterocycles.